The summed E-state index contributed by atoms with van der Waals surface area (Å²) < 4.78 is 21.5. The molecule has 0 aromatic heterocycles. The number of anilines is 2. The Morgan fingerprint density at radius 1 is 0.632 bits per heavy atom. The van der Waals surface area contributed by atoms with E-state index in [0.29, 0.717) is 11.5 Å². The van der Waals surface area contributed by atoms with Crippen LogP contribution in [0.15, 0.2) is 60.7 Å². The summed E-state index contributed by atoms with van der Waals surface area (Å²) in [6.07, 6.45) is 0. The monoisotopic (exact) mass is 522 g/mol. The molecule has 0 fully saturated rings. The Labute approximate surface area is 217 Å². The number of carbonyl (C=O) groups excluding carboxylic acids is 4. The number of methoxy groups -OCH3 is 2. The summed E-state index contributed by atoms with van der Waals surface area (Å²) in [5.41, 5.74) is 9.89. The Morgan fingerprint density at radius 3 is 1.26 bits per heavy atom. The number of nitrogens with two attached hydrogens (primary N) is 2. The lowest BCUT2D eigenvalue weighted by Gasteiger charge is -2.23. The first kappa shape index (κ1) is 27.3. The van der Waals surface area contributed by atoms with Crippen molar-refractivity contribution in [2.45, 2.75) is 0 Å². The summed E-state index contributed by atoms with van der Waals surface area (Å²) in [6.45, 7) is -0.899. The lowest BCUT2D eigenvalue weighted by Crippen LogP contribution is -2.28. The lowest BCUT2D eigenvalue weighted by atomic mass is 10.0. The maximum Gasteiger partial charge on any atom is 0.262 e. The van der Waals surface area contributed by atoms with E-state index in [1.165, 1.54) is 14.2 Å². The third kappa shape index (κ3) is 6.49. The average Bonchev–Trinajstić information content (AvgIpc) is 2.91. The van der Waals surface area contributed by atoms with Gasteiger partial charge in [0.05, 0.1) is 14.2 Å². The van der Waals surface area contributed by atoms with Crippen LogP contribution in [-0.2, 0) is 9.59 Å². The number of nitrogens with one attached hydrogen (secondary N) is 2. The zero-order chi connectivity index (χ0) is 27.7. The van der Waals surface area contributed by atoms with Crippen molar-refractivity contribution < 1.29 is 38.1 Å². The van der Waals surface area contributed by atoms with Crippen LogP contribution in [0.3, 0.4) is 0 Å². The Balaban J connectivity index is 1.99. The fourth-order valence-corrected chi connectivity index (χ4v) is 3.50. The number of hydrogen-bond acceptors (Lipinski definition) is 8. The fraction of sp³-hybridized carbons (Fsp3) is 0.154. The molecule has 0 aliphatic carbocycles. The molecule has 3 aromatic carbocycles. The zero-order valence-corrected chi connectivity index (χ0v) is 20.6. The Kier molecular flexibility index (Phi) is 9.08. The molecule has 6 N–H and O–H groups in total. The van der Waals surface area contributed by atoms with Crippen molar-refractivity contribution in [2.75, 3.05) is 38.1 Å². The zero-order valence-electron chi connectivity index (χ0n) is 20.6. The third-order valence-corrected chi connectivity index (χ3v) is 5.06. The summed E-state index contributed by atoms with van der Waals surface area (Å²) in [5, 5.41) is 4.93. The molecular weight excluding hydrogens is 496 g/mol. The maximum atomic E-state index is 12.7. The molecule has 0 heterocycles. The lowest BCUT2D eigenvalue weighted by molar-refractivity contribution is -0.118. The molecule has 0 saturated carbocycles. The minimum absolute atomic E-state index is 0.286. The van der Waals surface area contributed by atoms with Crippen molar-refractivity contribution in [2.24, 2.45) is 11.5 Å². The van der Waals surface area contributed by atoms with Crippen LogP contribution in [0.4, 0.5) is 11.4 Å². The summed E-state index contributed by atoms with van der Waals surface area (Å²) in [7, 11) is 2.36. The van der Waals surface area contributed by atoms with E-state index in [9.17, 15) is 19.2 Å². The normalized spacial score (nSPS) is 10.2. The van der Waals surface area contributed by atoms with Gasteiger partial charge >= 0.3 is 0 Å². The molecule has 38 heavy (non-hydrogen) atoms. The first-order valence-electron chi connectivity index (χ1n) is 11.1. The topological polar surface area (TPSA) is 181 Å². The van der Waals surface area contributed by atoms with Crippen molar-refractivity contribution in [1.82, 2.24) is 0 Å². The highest BCUT2D eigenvalue weighted by atomic mass is 16.5. The molecule has 198 valence electrons. The van der Waals surface area contributed by atoms with E-state index in [-0.39, 0.29) is 34.0 Å². The molecule has 4 amide bonds. The predicted octanol–water partition coefficient (Wildman–Crippen LogP) is 1.94. The van der Waals surface area contributed by atoms with Crippen LogP contribution in [0.1, 0.15) is 20.7 Å². The van der Waals surface area contributed by atoms with Gasteiger partial charge in [0.1, 0.15) is 34.0 Å². The predicted molar refractivity (Wildman–Crippen MR) is 138 cm³/mol. The molecule has 12 nitrogen and oxygen atoms in total. The third-order valence-electron chi connectivity index (χ3n) is 5.06. The number of carbonyl (C=O) groups is 4. The molecule has 3 rings (SSSR count). The number of rotatable bonds is 12. The van der Waals surface area contributed by atoms with E-state index in [2.05, 4.69) is 10.6 Å². The van der Waals surface area contributed by atoms with Crippen LogP contribution < -0.4 is 41.0 Å². The molecular formula is C26H26N4O8. The van der Waals surface area contributed by atoms with Gasteiger partial charge in [-0.25, -0.2) is 0 Å². The van der Waals surface area contributed by atoms with Crippen molar-refractivity contribution >= 4 is 35.0 Å². The van der Waals surface area contributed by atoms with E-state index in [1.807, 2.05) is 0 Å². The number of hydrogen-bond donors (Lipinski definition) is 4. The van der Waals surface area contributed by atoms with Gasteiger partial charge < -0.3 is 41.0 Å². The molecule has 3 aromatic rings. The van der Waals surface area contributed by atoms with Crippen molar-refractivity contribution in [1.29, 1.82) is 0 Å². The highest BCUT2D eigenvalue weighted by Gasteiger charge is 2.32. The fourth-order valence-electron chi connectivity index (χ4n) is 3.50. The van der Waals surface area contributed by atoms with Crippen LogP contribution in [0.2, 0.25) is 0 Å². The van der Waals surface area contributed by atoms with Crippen molar-refractivity contribution in [3.8, 4) is 23.0 Å². The van der Waals surface area contributed by atoms with Crippen LogP contribution in [-0.4, -0.2) is 51.1 Å². The molecule has 0 atom stereocenters. The molecule has 12 heteroatoms. The van der Waals surface area contributed by atoms with Crippen molar-refractivity contribution in [3.63, 3.8) is 0 Å². The molecule has 0 aliphatic rings. The summed E-state index contributed by atoms with van der Waals surface area (Å²) in [5.74, 6) is -3.30. The van der Waals surface area contributed by atoms with Gasteiger partial charge in [-0.1, -0.05) is 36.4 Å². The summed E-state index contributed by atoms with van der Waals surface area (Å²) >= 11 is 0. The second kappa shape index (κ2) is 12.6. The van der Waals surface area contributed by atoms with Crippen LogP contribution in [0.25, 0.3) is 0 Å². The Morgan fingerprint density at radius 2 is 0.974 bits per heavy atom. The maximum absolute atomic E-state index is 12.7. The van der Waals surface area contributed by atoms with E-state index >= 15 is 0 Å². The Bertz CT molecular complexity index is 1230. The van der Waals surface area contributed by atoms with E-state index in [1.54, 1.807) is 60.7 Å². The average molecular weight is 523 g/mol. The summed E-state index contributed by atoms with van der Waals surface area (Å²) in [4.78, 5) is 50.4. The minimum atomic E-state index is -1.05. The van der Waals surface area contributed by atoms with Gasteiger partial charge in [0.15, 0.2) is 24.7 Å². The van der Waals surface area contributed by atoms with Gasteiger partial charge in [-0.15, -0.1) is 0 Å². The van der Waals surface area contributed by atoms with Gasteiger partial charge in [0.2, 0.25) is 0 Å². The molecule has 0 spiro atoms. The number of benzene rings is 3. The smallest absolute Gasteiger partial charge is 0.262 e. The first-order chi connectivity index (χ1) is 18.3. The highest BCUT2D eigenvalue weighted by molar-refractivity contribution is 6.16. The molecule has 0 unspecified atom stereocenters. The van der Waals surface area contributed by atoms with Gasteiger partial charge in [-0.05, 0) is 24.3 Å². The second-order valence-electron chi connectivity index (χ2n) is 7.59. The van der Waals surface area contributed by atoms with Gasteiger partial charge in [-0.3, -0.25) is 19.2 Å². The Hall–Kier alpha value is -5.26. The first-order valence-corrected chi connectivity index (χ1v) is 11.1. The van der Waals surface area contributed by atoms with Gasteiger partial charge in [-0.2, -0.15) is 0 Å². The van der Waals surface area contributed by atoms with Crippen molar-refractivity contribution in [3.05, 3.63) is 71.8 Å². The van der Waals surface area contributed by atoms with Crippen LogP contribution in [0.5, 0.6) is 23.0 Å². The van der Waals surface area contributed by atoms with E-state index < -0.39 is 36.8 Å². The SMILES string of the molecule is COc1c(NC(=O)COc2ccccc2)c(C(N)=O)c(OC)c(NC(=O)COc2ccccc2)c1C(N)=O. The van der Waals surface area contributed by atoms with Gasteiger partial charge in [0, 0.05) is 0 Å². The molecule has 0 radical (unpaired) electrons. The second-order valence-corrected chi connectivity index (χ2v) is 7.59. The molecule has 0 saturated heterocycles. The van der Waals surface area contributed by atoms with Crippen LogP contribution >= 0.6 is 0 Å². The summed E-state index contributed by atoms with van der Waals surface area (Å²) in [6, 6.07) is 17.1. The standard InChI is InChI=1S/C26H26N4O8/c1-35-23-19(25(27)33)22(30-18(32)14-38-16-11-7-4-8-12-16)24(36-2)20(26(28)34)21(23)29-17(31)13-37-15-9-5-3-6-10-15/h3-12H,13-14H2,1-2H3,(H2,27,33)(H2,28,34)(H,29,31)(H,30,32). The largest absolute Gasteiger partial charge is 0.494 e. The van der Waals surface area contributed by atoms with E-state index in [0.717, 1.165) is 0 Å². The number of primary amides is 2. The van der Waals surface area contributed by atoms with Crippen LogP contribution in [0, 0.1) is 0 Å². The molecule has 0 bridgehead atoms. The quantitative estimate of drug-likeness (QED) is 0.278. The highest BCUT2D eigenvalue weighted by Crippen LogP contribution is 2.45. The molecule has 0 aliphatic heterocycles. The number of para-hydroxylation sites is 2. The minimum Gasteiger partial charge on any atom is -0.494 e. The number of amides is 4. The van der Waals surface area contributed by atoms with E-state index in [4.69, 9.17) is 30.4 Å². The number of ether oxygens (including phenoxy) is 4. The van der Waals surface area contributed by atoms with Gasteiger partial charge in [0.25, 0.3) is 23.6 Å².